The Balaban J connectivity index is 2.09. The van der Waals surface area contributed by atoms with E-state index < -0.39 is 18.3 Å². The lowest BCUT2D eigenvalue weighted by atomic mass is 9.89. The van der Waals surface area contributed by atoms with Crippen molar-refractivity contribution in [2.45, 2.75) is 25.2 Å². The van der Waals surface area contributed by atoms with Crippen LogP contribution in [0.5, 0.6) is 0 Å². The number of piperidine rings is 1. The number of halogens is 2. The van der Waals surface area contributed by atoms with Crippen LogP contribution >= 0.6 is 0 Å². The third-order valence-corrected chi connectivity index (χ3v) is 3.10. The first kappa shape index (κ1) is 12.0. The summed E-state index contributed by atoms with van der Waals surface area (Å²) in [6, 6.07) is 7.68. The Morgan fingerprint density at radius 2 is 2.00 bits per heavy atom. The highest BCUT2D eigenvalue weighted by Gasteiger charge is 2.37. The third-order valence-electron chi connectivity index (χ3n) is 3.10. The third kappa shape index (κ3) is 2.81. The minimum absolute atomic E-state index is 0.0154. The van der Waals surface area contributed by atoms with Crippen molar-refractivity contribution < 1.29 is 13.6 Å². The number of hydrogen-bond acceptors (Lipinski definition) is 1. The minimum atomic E-state index is -2.93. The van der Waals surface area contributed by atoms with Gasteiger partial charge in [-0.15, -0.1) is 0 Å². The molecule has 1 aliphatic rings. The van der Waals surface area contributed by atoms with Gasteiger partial charge in [-0.3, -0.25) is 4.79 Å². The topological polar surface area (TPSA) is 29.1 Å². The molecular weight excluding hydrogens is 224 g/mol. The molecule has 0 aliphatic carbocycles. The van der Waals surface area contributed by atoms with Gasteiger partial charge in [0.1, 0.15) is 0 Å². The maximum atomic E-state index is 13.9. The summed E-state index contributed by atoms with van der Waals surface area (Å²) < 4.78 is 27.9. The Labute approximate surface area is 99.0 Å². The van der Waals surface area contributed by atoms with Gasteiger partial charge in [0, 0.05) is 24.4 Å². The molecule has 1 fully saturated rings. The van der Waals surface area contributed by atoms with E-state index in [1.54, 1.807) is 18.2 Å². The normalized spacial score (nSPS) is 21.1. The van der Waals surface area contributed by atoms with Gasteiger partial charge in [-0.25, -0.2) is 8.78 Å². The number of hydrogen-bond donors (Lipinski definition) is 1. The van der Waals surface area contributed by atoms with E-state index in [0.29, 0.717) is 13.0 Å². The summed E-state index contributed by atoms with van der Waals surface area (Å²) in [5.41, 5.74) is -0.0154. The van der Waals surface area contributed by atoms with E-state index in [1.165, 1.54) is 12.1 Å². The molecule has 0 aromatic heterocycles. The average Bonchev–Trinajstić information content (AvgIpc) is 2.33. The fourth-order valence-corrected chi connectivity index (χ4v) is 2.14. The molecule has 1 aromatic rings. The lowest BCUT2D eigenvalue weighted by Gasteiger charge is -2.26. The van der Waals surface area contributed by atoms with Crippen molar-refractivity contribution >= 4 is 5.91 Å². The van der Waals surface area contributed by atoms with Crippen LogP contribution in [0.15, 0.2) is 30.3 Å². The summed E-state index contributed by atoms with van der Waals surface area (Å²) in [4.78, 5) is 11.5. The number of nitrogens with one attached hydrogen (secondary N) is 1. The second-order valence-electron chi connectivity index (χ2n) is 4.40. The van der Waals surface area contributed by atoms with Gasteiger partial charge in [0.25, 0.3) is 5.92 Å². The van der Waals surface area contributed by atoms with Gasteiger partial charge in [-0.2, -0.15) is 0 Å². The number of alkyl halides is 2. The molecule has 2 nitrogen and oxygen atoms in total. The van der Waals surface area contributed by atoms with Crippen molar-refractivity contribution in [3.63, 3.8) is 0 Å². The van der Waals surface area contributed by atoms with Crippen LogP contribution in [0.25, 0.3) is 0 Å². The van der Waals surface area contributed by atoms with E-state index in [0.717, 1.165) is 6.42 Å². The zero-order valence-electron chi connectivity index (χ0n) is 9.46. The van der Waals surface area contributed by atoms with Crippen molar-refractivity contribution in [1.29, 1.82) is 0 Å². The Morgan fingerprint density at radius 1 is 1.29 bits per heavy atom. The Kier molecular flexibility index (Phi) is 3.41. The van der Waals surface area contributed by atoms with Gasteiger partial charge in [0.05, 0.1) is 0 Å². The molecule has 0 saturated carbocycles. The second-order valence-corrected chi connectivity index (χ2v) is 4.40. The van der Waals surface area contributed by atoms with Crippen LogP contribution in [-0.4, -0.2) is 12.5 Å². The van der Waals surface area contributed by atoms with Crippen molar-refractivity contribution in [1.82, 2.24) is 5.32 Å². The molecule has 0 spiro atoms. The van der Waals surface area contributed by atoms with Crippen LogP contribution < -0.4 is 5.32 Å². The van der Waals surface area contributed by atoms with Gasteiger partial charge in [-0.1, -0.05) is 30.3 Å². The van der Waals surface area contributed by atoms with Gasteiger partial charge >= 0.3 is 0 Å². The van der Waals surface area contributed by atoms with Crippen molar-refractivity contribution in [3.8, 4) is 0 Å². The quantitative estimate of drug-likeness (QED) is 0.863. The fraction of sp³-hybridized carbons (Fsp3) is 0.462. The predicted octanol–water partition coefficient (Wildman–Crippen LogP) is 2.69. The van der Waals surface area contributed by atoms with Crippen molar-refractivity contribution in [3.05, 3.63) is 35.9 Å². The molecule has 1 heterocycles. The number of carbonyl (C=O) groups is 1. The van der Waals surface area contributed by atoms with Crippen molar-refractivity contribution in [2.75, 3.05) is 6.54 Å². The summed E-state index contributed by atoms with van der Waals surface area (Å²) in [7, 11) is 0. The second kappa shape index (κ2) is 4.82. The number of benzene rings is 1. The highest BCUT2D eigenvalue weighted by molar-refractivity contribution is 5.79. The van der Waals surface area contributed by atoms with Gasteiger partial charge in [0.2, 0.25) is 5.91 Å². The van der Waals surface area contributed by atoms with Gasteiger partial charge < -0.3 is 5.32 Å². The first-order valence-electron chi connectivity index (χ1n) is 5.81. The van der Waals surface area contributed by atoms with E-state index in [4.69, 9.17) is 0 Å². The molecule has 0 bridgehead atoms. The van der Waals surface area contributed by atoms with E-state index >= 15 is 0 Å². The van der Waals surface area contributed by atoms with Crippen LogP contribution in [0.1, 0.15) is 24.8 Å². The largest absolute Gasteiger partial charge is 0.356 e. The highest BCUT2D eigenvalue weighted by Crippen LogP contribution is 2.36. The Morgan fingerprint density at radius 3 is 2.65 bits per heavy atom. The van der Waals surface area contributed by atoms with Crippen LogP contribution in [0.2, 0.25) is 0 Å². The molecule has 1 saturated heterocycles. The molecule has 2 rings (SSSR count). The first-order valence-corrected chi connectivity index (χ1v) is 5.81. The molecular formula is C13H15F2NO. The van der Waals surface area contributed by atoms with Crippen LogP contribution in [0.3, 0.4) is 0 Å². The molecule has 1 unspecified atom stereocenters. The number of rotatable bonds is 3. The lowest BCUT2D eigenvalue weighted by Crippen LogP contribution is -2.38. The maximum absolute atomic E-state index is 13.9. The maximum Gasteiger partial charge on any atom is 0.274 e. The summed E-state index contributed by atoms with van der Waals surface area (Å²) in [6.07, 6.45) is 0.929. The number of carbonyl (C=O) groups excluding carboxylic acids is 1. The smallest absolute Gasteiger partial charge is 0.274 e. The van der Waals surface area contributed by atoms with Gasteiger partial charge in [-0.05, 0) is 12.8 Å². The molecule has 4 heteroatoms. The zero-order valence-corrected chi connectivity index (χ0v) is 9.46. The summed E-state index contributed by atoms with van der Waals surface area (Å²) >= 11 is 0. The summed E-state index contributed by atoms with van der Waals surface area (Å²) in [6.45, 7) is 0.603. The summed E-state index contributed by atoms with van der Waals surface area (Å²) in [5.74, 6) is -3.74. The van der Waals surface area contributed by atoms with E-state index in [1.807, 2.05) is 0 Å². The SMILES string of the molecule is O=C1NCCCC1CC(F)(F)c1ccccc1. The standard InChI is InChI=1S/C13H15F2NO/c14-13(15,11-6-2-1-3-7-11)9-10-5-4-8-16-12(10)17/h1-3,6-7,10H,4-5,8-9H2,(H,16,17). The lowest BCUT2D eigenvalue weighted by molar-refractivity contribution is -0.131. The first-order chi connectivity index (χ1) is 8.09. The number of amides is 1. The summed E-state index contributed by atoms with van der Waals surface area (Å²) in [5, 5.41) is 2.63. The molecule has 1 N–H and O–H groups in total. The van der Waals surface area contributed by atoms with E-state index in [2.05, 4.69) is 5.32 Å². The van der Waals surface area contributed by atoms with Gasteiger partial charge in [0.15, 0.2) is 0 Å². The minimum Gasteiger partial charge on any atom is -0.356 e. The molecule has 1 atom stereocenters. The van der Waals surface area contributed by atoms with Crippen LogP contribution in [0, 0.1) is 5.92 Å². The van der Waals surface area contributed by atoms with E-state index in [9.17, 15) is 13.6 Å². The molecule has 0 radical (unpaired) electrons. The Bertz CT molecular complexity index is 392. The van der Waals surface area contributed by atoms with Crippen LogP contribution in [0.4, 0.5) is 8.78 Å². The molecule has 92 valence electrons. The monoisotopic (exact) mass is 239 g/mol. The van der Waals surface area contributed by atoms with E-state index in [-0.39, 0.29) is 11.5 Å². The average molecular weight is 239 g/mol. The molecule has 1 amide bonds. The molecule has 17 heavy (non-hydrogen) atoms. The fourth-order valence-electron chi connectivity index (χ4n) is 2.14. The highest BCUT2D eigenvalue weighted by atomic mass is 19.3. The molecule has 1 aromatic carbocycles. The molecule has 1 aliphatic heterocycles. The van der Waals surface area contributed by atoms with Crippen LogP contribution in [-0.2, 0) is 10.7 Å². The Hall–Kier alpha value is -1.45. The predicted molar refractivity (Wildman–Crippen MR) is 60.7 cm³/mol. The zero-order chi connectivity index (χ0) is 12.3. The van der Waals surface area contributed by atoms with Crippen molar-refractivity contribution in [2.24, 2.45) is 5.92 Å².